The van der Waals surface area contributed by atoms with Crippen molar-refractivity contribution in [3.63, 3.8) is 0 Å². The van der Waals surface area contributed by atoms with Crippen LogP contribution in [0.3, 0.4) is 0 Å². The van der Waals surface area contributed by atoms with E-state index in [0.717, 1.165) is 17.8 Å². The van der Waals surface area contributed by atoms with Crippen LogP contribution in [0.15, 0.2) is 54.7 Å². The number of amides is 1. The molecule has 5 heteroatoms. The molecular formula is C24H31N3O2. The topological polar surface area (TPSA) is 54.5 Å². The molecular weight excluding hydrogens is 362 g/mol. The quantitative estimate of drug-likeness (QED) is 0.818. The molecule has 1 saturated carbocycles. The van der Waals surface area contributed by atoms with E-state index in [4.69, 9.17) is 4.74 Å². The van der Waals surface area contributed by atoms with Crippen LogP contribution in [0, 0.1) is 0 Å². The van der Waals surface area contributed by atoms with Crippen molar-refractivity contribution in [3.05, 3.63) is 66.0 Å². The SMILES string of the molecule is O=C(NCc1ccccc1)[C@@]1(Cc2ccccn2)CN(C2CCCCC2)CCO1. The molecule has 2 aliphatic rings. The molecule has 154 valence electrons. The van der Waals surface area contributed by atoms with E-state index in [0.29, 0.717) is 32.2 Å². The van der Waals surface area contributed by atoms with Crippen molar-refractivity contribution in [1.29, 1.82) is 0 Å². The van der Waals surface area contributed by atoms with Crippen molar-refractivity contribution in [1.82, 2.24) is 15.2 Å². The fourth-order valence-electron chi connectivity index (χ4n) is 4.63. The molecule has 1 aromatic carbocycles. The molecule has 29 heavy (non-hydrogen) atoms. The first-order valence-corrected chi connectivity index (χ1v) is 10.9. The van der Waals surface area contributed by atoms with Crippen LogP contribution in [0.25, 0.3) is 0 Å². The molecule has 0 bridgehead atoms. The van der Waals surface area contributed by atoms with E-state index in [9.17, 15) is 4.79 Å². The minimum Gasteiger partial charge on any atom is -0.362 e. The van der Waals surface area contributed by atoms with Gasteiger partial charge in [0.25, 0.3) is 5.91 Å². The summed E-state index contributed by atoms with van der Waals surface area (Å²) >= 11 is 0. The van der Waals surface area contributed by atoms with Crippen LogP contribution in [-0.4, -0.2) is 47.1 Å². The van der Waals surface area contributed by atoms with Gasteiger partial charge >= 0.3 is 0 Å². The third kappa shape index (κ3) is 5.03. The first-order valence-electron chi connectivity index (χ1n) is 10.9. The Hall–Kier alpha value is -2.24. The maximum Gasteiger partial charge on any atom is 0.254 e. The fraction of sp³-hybridized carbons (Fsp3) is 0.500. The highest BCUT2D eigenvalue weighted by molar-refractivity contribution is 5.86. The number of carbonyl (C=O) groups is 1. The van der Waals surface area contributed by atoms with Gasteiger partial charge in [0.1, 0.15) is 0 Å². The standard InChI is InChI=1S/C24H31N3O2/c28-23(26-18-20-9-3-1-4-10-20)24(17-21-11-7-8-14-25-21)19-27(15-16-29-24)22-12-5-2-6-13-22/h1,3-4,7-11,14,22H,2,5-6,12-13,15-19H2,(H,26,28)/t24-/m1/s1. The Kier molecular flexibility index (Phi) is 6.57. The Morgan fingerprint density at radius 1 is 1.10 bits per heavy atom. The number of hydrogen-bond acceptors (Lipinski definition) is 4. The number of hydrogen-bond donors (Lipinski definition) is 1. The Balaban J connectivity index is 1.52. The number of pyridine rings is 1. The van der Waals surface area contributed by atoms with Gasteiger partial charge in [-0.25, -0.2) is 0 Å². The highest BCUT2D eigenvalue weighted by Crippen LogP contribution is 2.29. The van der Waals surface area contributed by atoms with Crippen LogP contribution < -0.4 is 5.32 Å². The summed E-state index contributed by atoms with van der Waals surface area (Å²) in [4.78, 5) is 20.4. The fourth-order valence-corrected chi connectivity index (χ4v) is 4.63. The van der Waals surface area contributed by atoms with Crippen molar-refractivity contribution in [2.24, 2.45) is 0 Å². The van der Waals surface area contributed by atoms with Crippen LogP contribution in [0.2, 0.25) is 0 Å². The first kappa shape index (κ1) is 20.0. The van der Waals surface area contributed by atoms with Gasteiger partial charge in [-0.1, -0.05) is 55.7 Å². The minimum absolute atomic E-state index is 0.0347. The molecule has 5 nitrogen and oxygen atoms in total. The second kappa shape index (κ2) is 9.51. The van der Waals surface area contributed by atoms with Gasteiger partial charge in [-0.2, -0.15) is 0 Å². The summed E-state index contributed by atoms with van der Waals surface area (Å²) in [5.74, 6) is -0.0347. The highest BCUT2D eigenvalue weighted by atomic mass is 16.5. The van der Waals surface area contributed by atoms with Gasteiger partial charge in [-0.05, 0) is 30.5 Å². The molecule has 2 heterocycles. The third-order valence-corrected chi connectivity index (χ3v) is 6.21. The molecule has 1 aliphatic heterocycles. The molecule has 1 N–H and O–H groups in total. The number of morpholine rings is 1. The van der Waals surface area contributed by atoms with Crippen LogP contribution >= 0.6 is 0 Å². The lowest BCUT2D eigenvalue weighted by molar-refractivity contribution is -0.163. The Labute approximate surface area is 173 Å². The summed E-state index contributed by atoms with van der Waals surface area (Å²) in [6, 6.07) is 16.5. The van der Waals surface area contributed by atoms with Crippen molar-refractivity contribution in [2.75, 3.05) is 19.7 Å². The third-order valence-electron chi connectivity index (χ3n) is 6.21. The smallest absolute Gasteiger partial charge is 0.254 e. The van der Waals surface area contributed by atoms with E-state index >= 15 is 0 Å². The summed E-state index contributed by atoms with van der Waals surface area (Å²) in [5, 5.41) is 3.13. The van der Waals surface area contributed by atoms with Gasteiger partial charge in [0.2, 0.25) is 0 Å². The summed E-state index contributed by atoms with van der Waals surface area (Å²) in [6.07, 6.45) is 8.64. The zero-order chi connectivity index (χ0) is 19.9. The number of rotatable bonds is 6. The Bertz CT molecular complexity index is 777. The van der Waals surface area contributed by atoms with E-state index < -0.39 is 5.60 Å². The monoisotopic (exact) mass is 393 g/mol. The van der Waals surface area contributed by atoms with Crippen LogP contribution in [0.5, 0.6) is 0 Å². The normalized spacial score (nSPS) is 23.6. The summed E-state index contributed by atoms with van der Waals surface area (Å²) in [6.45, 7) is 2.63. The highest BCUT2D eigenvalue weighted by Gasteiger charge is 2.45. The number of nitrogens with one attached hydrogen (secondary N) is 1. The van der Waals surface area contributed by atoms with Crippen molar-refractivity contribution < 1.29 is 9.53 Å². The first-order chi connectivity index (χ1) is 14.3. The number of aromatic nitrogens is 1. The molecule has 0 unspecified atom stereocenters. The van der Waals surface area contributed by atoms with Crippen LogP contribution in [-0.2, 0) is 22.5 Å². The Morgan fingerprint density at radius 3 is 2.66 bits per heavy atom. The number of ether oxygens (including phenoxy) is 1. The molecule has 1 saturated heterocycles. The predicted molar refractivity (Wildman–Crippen MR) is 113 cm³/mol. The van der Waals surface area contributed by atoms with Gasteiger partial charge in [-0.15, -0.1) is 0 Å². The lowest BCUT2D eigenvalue weighted by Crippen LogP contribution is -2.62. The second-order valence-corrected chi connectivity index (χ2v) is 8.27. The van der Waals surface area contributed by atoms with Crippen molar-refractivity contribution in [2.45, 2.75) is 56.7 Å². The van der Waals surface area contributed by atoms with Gasteiger partial charge in [0.05, 0.1) is 6.61 Å². The van der Waals surface area contributed by atoms with E-state index in [1.165, 1.54) is 32.1 Å². The van der Waals surface area contributed by atoms with Crippen LogP contribution in [0.1, 0.15) is 43.4 Å². The molecule has 1 aliphatic carbocycles. The van der Waals surface area contributed by atoms with Gasteiger partial charge in [-0.3, -0.25) is 14.7 Å². The maximum absolute atomic E-state index is 13.4. The molecule has 2 fully saturated rings. The van der Waals surface area contributed by atoms with Gasteiger partial charge in [0.15, 0.2) is 5.60 Å². The number of nitrogens with zero attached hydrogens (tertiary/aromatic N) is 2. The largest absolute Gasteiger partial charge is 0.362 e. The Morgan fingerprint density at radius 2 is 1.90 bits per heavy atom. The van der Waals surface area contributed by atoms with Crippen LogP contribution in [0.4, 0.5) is 0 Å². The summed E-state index contributed by atoms with van der Waals surface area (Å²) in [7, 11) is 0. The summed E-state index contributed by atoms with van der Waals surface area (Å²) in [5.41, 5.74) is 1.10. The average Bonchev–Trinajstić information content (AvgIpc) is 2.79. The van der Waals surface area contributed by atoms with Crippen molar-refractivity contribution >= 4 is 5.91 Å². The predicted octanol–water partition coefficient (Wildman–Crippen LogP) is 3.34. The van der Waals surface area contributed by atoms with Gasteiger partial charge < -0.3 is 10.1 Å². The maximum atomic E-state index is 13.4. The zero-order valence-electron chi connectivity index (χ0n) is 17.1. The molecule has 1 atom stereocenters. The van der Waals surface area contributed by atoms with Crippen molar-refractivity contribution in [3.8, 4) is 0 Å². The van der Waals surface area contributed by atoms with E-state index in [1.54, 1.807) is 6.20 Å². The molecule has 2 aromatic rings. The average molecular weight is 394 g/mol. The zero-order valence-corrected chi connectivity index (χ0v) is 17.1. The minimum atomic E-state index is -0.890. The molecule has 4 rings (SSSR count). The second-order valence-electron chi connectivity index (χ2n) is 8.27. The van der Waals surface area contributed by atoms with Gasteiger partial charge in [0, 0.05) is 44.0 Å². The molecule has 1 amide bonds. The van der Waals surface area contributed by atoms with E-state index in [-0.39, 0.29) is 5.91 Å². The van der Waals surface area contributed by atoms with E-state index in [2.05, 4.69) is 15.2 Å². The molecule has 0 spiro atoms. The number of carbonyl (C=O) groups excluding carboxylic acids is 1. The lowest BCUT2D eigenvalue weighted by Gasteiger charge is -2.45. The van der Waals surface area contributed by atoms with E-state index in [1.807, 2.05) is 48.5 Å². The summed E-state index contributed by atoms with van der Waals surface area (Å²) < 4.78 is 6.25. The lowest BCUT2D eigenvalue weighted by atomic mass is 9.89. The molecule has 0 radical (unpaired) electrons. The number of benzene rings is 1. The molecule has 1 aromatic heterocycles.